The van der Waals surface area contributed by atoms with Crippen LogP contribution < -0.4 is 5.32 Å². The van der Waals surface area contributed by atoms with Crippen LogP contribution in [0.3, 0.4) is 0 Å². The first-order valence-electron chi connectivity index (χ1n) is 7.89. The van der Waals surface area contributed by atoms with E-state index in [0.29, 0.717) is 29.9 Å². The van der Waals surface area contributed by atoms with Crippen LogP contribution >= 0.6 is 11.3 Å². The lowest BCUT2D eigenvalue weighted by molar-refractivity contribution is -0.143. The van der Waals surface area contributed by atoms with Gasteiger partial charge in [-0.25, -0.2) is 9.78 Å². The van der Waals surface area contributed by atoms with Gasteiger partial charge in [0.2, 0.25) is 0 Å². The molecule has 1 aromatic heterocycles. The molecule has 1 fully saturated rings. The minimum Gasteiger partial charge on any atom is -0.480 e. The second kappa shape index (κ2) is 7.43. The summed E-state index contributed by atoms with van der Waals surface area (Å²) in [6.07, 6.45) is 2.04. The molecule has 1 aliphatic heterocycles. The first kappa shape index (κ1) is 17.1. The van der Waals surface area contributed by atoms with Gasteiger partial charge in [0.1, 0.15) is 11.7 Å². The highest BCUT2D eigenvalue weighted by Gasteiger charge is 2.32. The van der Waals surface area contributed by atoms with Gasteiger partial charge in [-0.1, -0.05) is 6.07 Å². The van der Waals surface area contributed by atoms with Crippen LogP contribution in [0.1, 0.15) is 40.1 Å². The minimum atomic E-state index is -0.985. The van der Waals surface area contributed by atoms with E-state index in [4.69, 9.17) is 0 Å². The smallest absolute Gasteiger partial charge is 0.326 e. The average Bonchev–Trinajstić information content (AvgIpc) is 3.16. The Kier molecular flexibility index (Phi) is 5.08. The van der Waals surface area contributed by atoms with Gasteiger partial charge < -0.3 is 15.3 Å². The Morgan fingerprint density at radius 1 is 1.28 bits per heavy atom. The molecule has 0 saturated carbocycles. The molecule has 0 radical (unpaired) electrons. The SMILES string of the molecule is O=C(Nc1cccc(C(=O)N2CCCCC2C(=O)O)c1)c1cscn1. The number of likely N-dealkylation sites (tertiary alicyclic amines) is 1. The molecule has 2 amide bonds. The van der Waals surface area contributed by atoms with Crippen LogP contribution in [0.5, 0.6) is 0 Å². The van der Waals surface area contributed by atoms with E-state index < -0.39 is 12.0 Å². The third-order valence-electron chi connectivity index (χ3n) is 4.08. The number of piperidine rings is 1. The maximum absolute atomic E-state index is 12.7. The number of carboxylic acids is 1. The number of anilines is 1. The summed E-state index contributed by atoms with van der Waals surface area (Å²) in [4.78, 5) is 41.5. The van der Waals surface area contributed by atoms with Crippen molar-refractivity contribution in [2.24, 2.45) is 0 Å². The molecule has 130 valence electrons. The molecule has 1 aliphatic rings. The van der Waals surface area contributed by atoms with Crippen LogP contribution in [0, 0.1) is 0 Å². The van der Waals surface area contributed by atoms with Crippen molar-refractivity contribution in [1.82, 2.24) is 9.88 Å². The van der Waals surface area contributed by atoms with E-state index in [9.17, 15) is 19.5 Å². The number of aromatic nitrogens is 1. The number of carbonyl (C=O) groups excluding carboxylic acids is 2. The van der Waals surface area contributed by atoms with Gasteiger partial charge in [0.05, 0.1) is 5.51 Å². The monoisotopic (exact) mass is 359 g/mol. The van der Waals surface area contributed by atoms with Crippen molar-refractivity contribution < 1.29 is 19.5 Å². The maximum Gasteiger partial charge on any atom is 0.326 e. The highest BCUT2D eigenvalue weighted by molar-refractivity contribution is 7.07. The lowest BCUT2D eigenvalue weighted by atomic mass is 10.0. The Morgan fingerprint density at radius 2 is 2.12 bits per heavy atom. The van der Waals surface area contributed by atoms with Crippen molar-refractivity contribution in [2.75, 3.05) is 11.9 Å². The third kappa shape index (κ3) is 3.85. The summed E-state index contributed by atoms with van der Waals surface area (Å²) in [6.45, 7) is 0.422. The number of benzene rings is 1. The van der Waals surface area contributed by atoms with Crippen LogP contribution in [0.25, 0.3) is 0 Å². The molecule has 0 aliphatic carbocycles. The second-order valence-electron chi connectivity index (χ2n) is 5.76. The molecule has 2 N–H and O–H groups in total. The lowest BCUT2D eigenvalue weighted by Gasteiger charge is -2.33. The predicted octanol–water partition coefficient (Wildman–Crippen LogP) is 2.47. The number of carbonyl (C=O) groups is 3. The van der Waals surface area contributed by atoms with E-state index >= 15 is 0 Å². The number of carboxylic acid groups (broad SMARTS) is 1. The molecule has 0 bridgehead atoms. The number of rotatable bonds is 4. The number of nitrogens with one attached hydrogen (secondary N) is 1. The van der Waals surface area contributed by atoms with Crippen LogP contribution in [-0.4, -0.2) is 45.4 Å². The number of thiazole rings is 1. The second-order valence-corrected chi connectivity index (χ2v) is 6.48. The Labute approximate surface area is 148 Å². The van der Waals surface area contributed by atoms with E-state index in [-0.39, 0.29) is 11.8 Å². The molecule has 7 nitrogen and oxygen atoms in total. The van der Waals surface area contributed by atoms with Crippen molar-refractivity contribution >= 4 is 34.8 Å². The largest absolute Gasteiger partial charge is 0.480 e. The summed E-state index contributed by atoms with van der Waals surface area (Å²) >= 11 is 1.32. The van der Waals surface area contributed by atoms with Crippen molar-refractivity contribution in [3.05, 3.63) is 46.4 Å². The molecule has 2 aromatic rings. The molecule has 1 atom stereocenters. The molecule has 25 heavy (non-hydrogen) atoms. The summed E-state index contributed by atoms with van der Waals surface area (Å²) in [6, 6.07) is 5.71. The van der Waals surface area contributed by atoms with Crippen molar-refractivity contribution in [3.8, 4) is 0 Å². The van der Waals surface area contributed by atoms with Gasteiger partial charge in [-0.3, -0.25) is 9.59 Å². The molecular weight excluding hydrogens is 342 g/mol. The Balaban J connectivity index is 1.77. The van der Waals surface area contributed by atoms with E-state index in [1.807, 2.05) is 0 Å². The Bertz CT molecular complexity index is 791. The summed E-state index contributed by atoms with van der Waals surface area (Å²) in [5.74, 6) is -1.68. The van der Waals surface area contributed by atoms with Gasteiger partial charge in [-0.05, 0) is 37.5 Å². The number of nitrogens with zero attached hydrogens (tertiary/aromatic N) is 2. The lowest BCUT2D eigenvalue weighted by Crippen LogP contribution is -2.48. The molecule has 1 saturated heterocycles. The molecule has 3 rings (SSSR count). The summed E-state index contributed by atoms with van der Waals surface area (Å²) < 4.78 is 0. The van der Waals surface area contributed by atoms with Crippen molar-refractivity contribution in [1.29, 1.82) is 0 Å². The highest BCUT2D eigenvalue weighted by atomic mass is 32.1. The Morgan fingerprint density at radius 3 is 2.84 bits per heavy atom. The van der Waals surface area contributed by atoms with Gasteiger partial charge in [0, 0.05) is 23.2 Å². The molecule has 0 spiro atoms. The fourth-order valence-electron chi connectivity index (χ4n) is 2.85. The summed E-state index contributed by atoms with van der Waals surface area (Å²) in [7, 11) is 0. The van der Waals surface area contributed by atoms with Gasteiger partial charge in [0.25, 0.3) is 11.8 Å². The normalized spacial score (nSPS) is 17.1. The highest BCUT2D eigenvalue weighted by Crippen LogP contribution is 2.21. The van der Waals surface area contributed by atoms with E-state index in [1.54, 1.807) is 35.2 Å². The molecular formula is C17H17N3O4S. The first-order valence-corrected chi connectivity index (χ1v) is 8.84. The molecule has 1 unspecified atom stereocenters. The number of amides is 2. The van der Waals surface area contributed by atoms with Crippen molar-refractivity contribution in [2.45, 2.75) is 25.3 Å². The van der Waals surface area contributed by atoms with E-state index in [0.717, 1.165) is 12.8 Å². The standard InChI is InChI=1S/C17H17N3O4S/c21-15(13-9-25-10-18-13)19-12-5-3-4-11(8-12)16(22)20-7-2-1-6-14(20)17(23)24/h3-5,8-10,14H,1-2,6-7H2,(H,19,21)(H,23,24). The topological polar surface area (TPSA) is 99.6 Å². The predicted molar refractivity (Wildman–Crippen MR) is 92.8 cm³/mol. The summed E-state index contributed by atoms with van der Waals surface area (Å²) in [5, 5.41) is 13.7. The minimum absolute atomic E-state index is 0.309. The molecule has 8 heteroatoms. The van der Waals surface area contributed by atoms with Crippen LogP contribution in [0.15, 0.2) is 35.2 Å². The van der Waals surface area contributed by atoms with Crippen molar-refractivity contribution in [3.63, 3.8) is 0 Å². The Hall–Kier alpha value is -2.74. The quantitative estimate of drug-likeness (QED) is 0.874. The number of hydrogen-bond donors (Lipinski definition) is 2. The average molecular weight is 359 g/mol. The number of hydrogen-bond acceptors (Lipinski definition) is 5. The van der Waals surface area contributed by atoms with Gasteiger partial charge in [-0.15, -0.1) is 11.3 Å². The zero-order valence-corrected chi connectivity index (χ0v) is 14.2. The maximum atomic E-state index is 12.7. The zero-order chi connectivity index (χ0) is 17.8. The van der Waals surface area contributed by atoms with Crippen LogP contribution in [0.2, 0.25) is 0 Å². The van der Waals surface area contributed by atoms with Gasteiger partial charge >= 0.3 is 5.97 Å². The molecule has 1 aromatic carbocycles. The number of aliphatic carboxylic acids is 1. The van der Waals surface area contributed by atoms with Gasteiger partial charge in [0.15, 0.2) is 0 Å². The fraction of sp³-hybridized carbons (Fsp3) is 0.294. The van der Waals surface area contributed by atoms with Crippen LogP contribution in [0.4, 0.5) is 5.69 Å². The molecule has 2 heterocycles. The van der Waals surface area contributed by atoms with E-state index in [1.165, 1.54) is 16.2 Å². The van der Waals surface area contributed by atoms with Gasteiger partial charge in [-0.2, -0.15) is 0 Å². The van der Waals surface area contributed by atoms with Crippen LogP contribution in [-0.2, 0) is 4.79 Å². The zero-order valence-electron chi connectivity index (χ0n) is 13.3. The first-order chi connectivity index (χ1) is 12.1. The third-order valence-corrected chi connectivity index (χ3v) is 4.67. The van der Waals surface area contributed by atoms with E-state index in [2.05, 4.69) is 10.3 Å². The summed E-state index contributed by atoms with van der Waals surface area (Å²) in [5.41, 5.74) is 2.69. The fourth-order valence-corrected chi connectivity index (χ4v) is 3.38.